The largest absolute Gasteiger partial charge is 0.496 e. The van der Waals surface area contributed by atoms with Gasteiger partial charge in [-0.25, -0.2) is 0 Å². The molecular weight excluding hydrogens is 266 g/mol. The Hall–Kier alpha value is -1.42. The molecule has 21 heavy (non-hydrogen) atoms. The molecule has 1 N–H and O–H groups in total. The van der Waals surface area contributed by atoms with Crippen molar-refractivity contribution < 1.29 is 14.6 Å². The topological polar surface area (TPSA) is 41.9 Å². The minimum absolute atomic E-state index is 0.523. The SMILES string of the molecule is COc1cc(N2CCCCC2)c(OC)cc1CC1(O)CC1. The molecule has 2 fully saturated rings. The zero-order valence-corrected chi connectivity index (χ0v) is 13.0. The van der Waals surface area contributed by atoms with E-state index in [1.54, 1.807) is 14.2 Å². The molecule has 0 unspecified atom stereocenters. The van der Waals surface area contributed by atoms with Crippen LogP contribution in [0.2, 0.25) is 0 Å². The highest BCUT2D eigenvalue weighted by molar-refractivity contribution is 5.64. The average molecular weight is 291 g/mol. The Bertz CT molecular complexity index is 505. The molecule has 116 valence electrons. The highest BCUT2D eigenvalue weighted by Crippen LogP contribution is 2.43. The van der Waals surface area contributed by atoms with Gasteiger partial charge in [0.1, 0.15) is 11.5 Å². The van der Waals surface area contributed by atoms with Crippen LogP contribution in [0.25, 0.3) is 0 Å². The van der Waals surface area contributed by atoms with E-state index in [0.29, 0.717) is 6.42 Å². The summed E-state index contributed by atoms with van der Waals surface area (Å²) in [5.74, 6) is 1.74. The summed E-state index contributed by atoms with van der Waals surface area (Å²) in [7, 11) is 3.41. The third-order valence-electron chi connectivity index (χ3n) is 4.63. The van der Waals surface area contributed by atoms with E-state index in [9.17, 15) is 5.11 Å². The zero-order chi connectivity index (χ0) is 14.9. The Balaban J connectivity index is 1.92. The van der Waals surface area contributed by atoms with Gasteiger partial charge in [0.15, 0.2) is 0 Å². The van der Waals surface area contributed by atoms with Crippen LogP contribution < -0.4 is 14.4 Å². The molecule has 0 amide bonds. The van der Waals surface area contributed by atoms with Gasteiger partial charge in [-0.05, 0) is 38.2 Å². The molecule has 1 heterocycles. The lowest BCUT2D eigenvalue weighted by Crippen LogP contribution is -2.29. The molecule has 0 atom stereocenters. The fraction of sp³-hybridized carbons (Fsp3) is 0.647. The van der Waals surface area contributed by atoms with Crippen LogP contribution in [0.1, 0.15) is 37.7 Å². The van der Waals surface area contributed by atoms with Gasteiger partial charge in [0.2, 0.25) is 0 Å². The second-order valence-corrected chi connectivity index (χ2v) is 6.28. The molecule has 2 aliphatic rings. The molecule has 1 aliphatic carbocycles. The van der Waals surface area contributed by atoms with Crippen LogP contribution in [0.3, 0.4) is 0 Å². The van der Waals surface area contributed by atoms with Crippen molar-refractivity contribution in [3.05, 3.63) is 17.7 Å². The lowest BCUT2D eigenvalue weighted by atomic mass is 10.0. The molecule has 0 radical (unpaired) electrons. The number of methoxy groups -OCH3 is 2. The summed E-state index contributed by atoms with van der Waals surface area (Å²) in [6.07, 6.45) is 6.17. The quantitative estimate of drug-likeness (QED) is 0.906. The monoisotopic (exact) mass is 291 g/mol. The number of ether oxygens (including phenoxy) is 2. The first-order valence-electron chi connectivity index (χ1n) is 7.87. The van der Waals surface area contributed by atoms with Gasteiger partial charge in [-0.3, -0.25) is 0 Å². The van der Waals surface area contributed by atoms with Crippen molar-refractivity contribution in [3.63, 3.8) is 0 Å². The van der Waals surface area contributed by atoms with Gasteiger partial charge in [0.25, 0.3) is 0 Å². The molecule has 1 aliphatic heterocycles. The molecule has 3 rings (SSSR count). The van der Waals surface area contributed by atoms with Gasteiger partial charge in [-0.1, -0.05) is 0 Å². The van der Waals surface area contributed by atoms with Gasteiger partial charge in [0, 0.05) is 31.1 Å². The minimum atomic E-state index is -0.523. The number of anilines is 1. The van der Waals surface area contributed by atoms with Gasteiger partial charge < -0.3 is 19.5 Å². The molecule has 0 bridgehead atoms. The molecule has 1 saturated carbocycles. The van der Waals surface area contributed by atoms with E-state index in [0.717, 1.165) is 48.7 Å². The van der Waals surface area contributed by atoms with Crippen molar-refractivity contribution in [1.82, 2.24) is 0 Å². The van der Waals surface area contributed by atoms with Crippen LogP contribution in [0.5, 0.6) is 11.5 Å². The number of aliphatic hydroxyl groups is 1. The van der Waals surface area contributed by atoms with Crippen LogP contribution in [0.15, 0.2) is 12.1 Å². The Morgan fingerprint density at radius 3 is 2.29 bits per heavy atom. The highest BCUT2D eigenvalue weighted by atomic mass is 16.5. The lowest BCUT2D eigenvalue weighted by molar-refractivity contribution is 0.150. The Kier molecular flexibility index (Phi) is 3.98. The van der Waals surface area contributed by atoms with E-state index >= 15 is 0 Å². The Morgan fingerprint density at radius 1 is 1.05 bits per heavy atom. The molecule has 1 saturated heterocycles. The second kappa shape index (κ2) is 5.76. The molecule has 4 nitrogen and oxygen atoms in total. The number of hydrogen-bond donors (Lipinski definition) is 1. The average Bonchev–Trinajstić information content (AvgIpc) is 3.24. The van der Waals surface area contributed by atoms with Crippen molar-refractivity contribution in [3.8, 4) is 11.5 Å². The predicted molar refractivity (Wildman–Crippen MR) is 83.5 cm³/mol. The van der Waals surface area contributed by atoms with Crippen LogP contribution in [-0.2, 0) is 6.42 Å². The molecule has 0 aromatic heterocycles. The van der Waals surface area contributed by atoms with Crippen LogP contribution in [-0.4, -0.2) is 38.0 Å². The van der Waals surface area contributed by atoms with E-state index in [-0.39, 0.29) is 0 Å². The number of nitrogens with zero attached hydrogens (tertiary/aromatic N) is 1. The van der Waals surface area contributed by atoms with Crippen molar-refractivity contribution in [2.75, 3.05) is 32.2 Å². The Labute approximate surface area is 126 Å². The number of rotatable bonds is 5. The van der Waals surface area contributed by atoms with Crippen LogP contribution >= 0.6 is 0 Å². The van der Waals surface area contributed by atoms with Crippen molar-refractivity contribution in [2.24, 2.45) is 0 Å². The fourth-order valence-corrected chi connectivity index (χ4v) is 3.14. The van der Waals surface area contributed by atoms with E-state index in [4.69, 9.17) is 9.47 Å². The first kappa shape index (κ1) is 14.5. The fourth-order valence-electron chi connectivity index (χ4n) is 3.14. The summed E-state index contributed by atoms with van der Waals surface area (Å²) in [6.45, 7) is 2.14. The third-order valence-corrected chi connectivity index (χ3v) is 4.63. The molecule has 1 aromatic rings. The molecular formula is C17H25NO3. The van der Waals surface area contributed by atoms with E-state index in [1.807, 2.05) is 6.07 Å². The number of hydrogen-bond acceptors (Lipinski definition) is 4. The third kappa shape index (κ3) is 3.10. The van der Waals surface area contributed by atoms with Crippen LogP contribution in [0, 0.1) is 0 Å². The molecule has 4 heteroatoms. The van der Waals surface area contributed by atoms with Gasteiger partial charge in [0.05, 0.1) is 25.5 Å². The van der Waals surface area contributed by atoms with Crippen LogP contribution in [0.4, 0.5) is 5.69 Å². The summed E-state index contributed by atoms with van der Waals surface area (Å²) < 4.78 is 11.2. The molecule has 1 aromatic carbocycles. The maximum atomic E-state index is 10.2. The summed E-state index contributed by atoms with van der Waals surface area (Å²) in [4.78, 5) is 2.38. The first-order chi connectivity index (χ1) is 10.1. The summed E-state index contributed by atoms with van der Waals surface area (Å²) in [5.41, 5.74) is 1.63. The smallest absolute Gasteiger partial charge is 0.142 e. The van der Waals surface area contributed by atoms with Gasteiger partial charge in [-0.15, -0.1) is 0 Å². The highest BCUT2D eigenvalue weighted by Gasteiger charge is 2.41. The predicted octanol–water partition coefficient (Wildman–Crippen LogP) is 2.76. The van der Waals surface area contributed by atoms with Crippen molar-refractivity contribution in [1.29, 1.82) is 0 Å². The second-order valence-electron chi connectivity index (χ2n) is 6.28. The summed E-state index contributed by atoms with van der Waals surface area (Å²) >= 11 is 0. The Morgan fingerprint density at radius 2 is 1.71 bits per heavy atom. The first-order valence-corrected chi connectivity index (χ1v) is 7.87. The number of benzene rings is 1. The normalized spacial score (nSPS) is 20.2. The minimum Gasteiger partial charge on any atom is -0.496 e. The van der Waals surface area contributed by atoms with Crippen molar-refractivity contribution >= 4 is 5.69 Å². The van der Waals surface area contributed by atoms with E-state index < -0.39 is 5.60 Å². The standard InChI is InChI=1S/C17H25NO3/c1-20-15-11-14(18-8-4-3-5-9-18)16(21-2)10-13(15)12-17(19)6-7-17/h10-11,19H,3-9,12H2,1-2H3. The lowest BCUT2D eigenvalue weighted by Gasteiger charge is -2.31. The maximum Gasteiger partial charge on any atom is 0.142 e. The zero-order valence-electron chi connectivity index (χ0n) is 13.0. The number of piperidine rings is 1. The summed E-state index contributed by atoms with van der Waals surface area (Å²) in [6, 6.07) is 4.12. The van der Waals surface area contributed by atoms with E-state index in [2.05, 4.69) is 11.0 Å². The van der Waals surface area contributed by atoms with E-state index in [1.165, 1.54) is 19.3 Å². The maximum absolute atomic E-state index is 10.2. The summed E-state index contributed by atoms with van der Waals surface area (Å²) in [5, 5.41) is 10.2. The van der Waals surface area contributed by atoms with Gasteiger partial charge in [-0.2, -0.15) is 0 Å². The molecule has 0 spiro atoms. The van der Waals surface area contributed by atoms with Crippen molar-refractivity contribution in [2.45, 2.75) is 44.1 Å². The van der Waals surface area contributed by atoms with Gasteiger partial charge >= 0.3 is 0 Å².